The molecule has 1 fully saturated rings. The number of benzene rings is 2. The Hall–Kier alpha value is -4.45. The minimum atomic E-state index is -0.661. The molecule has 2 aromatic carbocycles. The van der Waals surface area contributed by atoms with Crippen LogP contribution in [0.1, 0.15) is 36.4 Å². The largest absolute Gasteiger partial charge is 0.428 e. The maximum Gasteiger partial charge on any atom is 0.428 e. The molecule has 224 valence electrons. The number of rotatable bonds is 6. The molecule has 11 heteroatoms. The molecule has 2 aliphatic rings. The molecule has 6 rings (SSSR count). The highest BCUT2D eigenvalue weighted by molar-refractivity contribution is 7.13. The van der Waals surface area contributed by atoms with Gasteiger partial charge in [-0.05, 0) is 54.8 Å². The second-order valence-electron chi connectivity index (χ2n) is 11.0. The topological polar surface area (TPSA) is 108 Å². The second kappa shape index (κ2) is 12.3. The van der Waals surface area contributed by atoms with Crippen LogP contribution in [0.5, 0.6) is 0 Å². The number of quaternary nitrogens is 1. The van der Waals surface area contributed by atoms with Gasteiger partial charge in [-0.3, -0.25) is 14.9 Å². The molecule has 44 heavy (non-hydrogen) atoms. The number of hydrogen-bond donors (Lipinski definition) is 2. The van der Waals surface area contributed by atoms with Gasteiger partial charge in [0.1, 0.15) is 17.1 Å². The van der Waals surface area contributed by atoms with Gasteiger partial charge in [0.05, 0.1) is 24.0 Å². The number of likely N-dealkylation sites (tertiary alicyclic amines) is 1. The Kier molecular flexibility index (Phi) is 8.26. The summed E-state index contributed by atoms with van der Waals surface area (Å²) in [6.07, 6.45) is 5.30. The van der Waals surface area contributed by atoms with Crippen molar-refractivity contribution in [1.82, 2.24) is 9.88 Å². The molecule has 9 nitrogen and oxygen atoms in total. The first kappa shape index (κ1) is 29.6. The van der Waals surface area contributed by atoms with Crippen molar-refractivity contribution in [2.75, 3.05) is 23.7 Å². The molecule has 2 aromatic heterocycles. The number of amides is 5. The van der Waals surface area contributed by atoms with Gasteiger partial charge in [0.2, 0.25) is 0 Å². The molecule has 5 amide bonds. The van der Waals surface area contributed by atoms with Crippen molar-refractivity contribution < 1.29 is 23.7 Å². The molecule has 2 aliphatic heterocycles. The average Bonchev–Trinajstić information content (AvgIpc) is 3.84. The highest BCUT2D eigenvalue weighted by Crippen LogP contribution is 2.32. The molecule has 0 bridgehead atoms. The van der Waals surface area contributed by atoms with Crippen LogP contribution in [-0.2, 0) is 9.59 Å². The Morgan fingerprint density at radius 2 is 1.64 bits per heavy atom. The Bertz CT molecular complexity index is 1730. The SMILES string of the molecule is CC(=O)[N+]1(C(=O)Nc2ccc(-c3nc(-c4ccc(NC(=O)[C@@H]5C=CCN5C(=O)c5cccs5)cc4)cs3)cc2)CCC[C@H]1C. The third kappa shape index (κ3) is 5.61. The summed E-state index contributed by atoms with van der Waals surface area (Å²) in [7, 11) is 0. The Morgan fingerprint density at radius 3 is 2.27 bits per heavy atom. The van der Waals surface area contributed by atoms with Crippen LogP contribution < -0.4 is 10.6 Å². The van der Waals surface area contributed by atoms with Crippen molar-refractivity contribution >= 4 is 57.8 Å². The van der Waals surface area contributed by atoms with Gasteiger partial charge in [0, 0.05) is 47.3 Å². The fourth-order valence-corrected chi connectivity index (χ4v) is 7.40. The summed E-state index contributed by atoms with van der Waals surface area (Å²) in [5.74, 6) is -0.549. The van der Waals surface area contributed by atoms with E-state index in [9.17, 15) is 19.2 Å². The van der Waals surface area contributed by atoms with Gasteiger partial charge in [-0.15, -0.1) is 22.7 Å². The van der Waals surface area contributed by atoms with Crippen LogP contribution in [-0.4, -0.2) is 63.3 Å². The van der Waals surface area contributed by atoms with E-state index in [0.717, 1.165) is 34.7 Å². The number of nitrogens with one attached hydrogen (secondary N) is 2. The summed E-state index contributed by atoms with van der Waals surface area (Å²) in [4.78, 5) is 58.4. The fraction of sp³-hybridized carbons (Fsp3) is 0.242. The lowest BCUT2D eigenvalue weighted by Crippen LogP contribution is -2.59. The van der Waals surface area contributed by atoms with Crippen LogP contribution in [0.15, 0.2) is 83.6 Å². The molecule has 0 radical (unpaired) electrons. The zero-order chi connectivity index (χ0) is 30.8. The summed E-state index contributed by atoms with van der Waals surface area (Å²) in [5.41, 5.74) is 3.90. The van der Waals surface area contributed by atoms with Crippen LogP contribution >= 0.6 is 22.7 Å². The highest BCUT2D eigenvalue weighted by Gasteiger charge is 2.50. The second-order valence-corrected chi connectivity index (χ2v) is 12.8. The van der Waals surface area contributed by atoms with Crippen molar-refractivity contribution in [1.29, 1.82) is 0 Å². The van der Waals surface area contributed by atoms with E-state index in [1.807, 2.05) is 78.4 Å². The lowest BCUT2D eigenvalue weighted by molar-refractivity contribution is -0.781. The molecule has 1 unspecified atom stereocenters. The lowest BCUT2D eigenvalue weighted by atomic mass is 10.1. The molecular formula is C33H32N5O4S2+. The standard InChI is InChI=1S/C33H31N5O4S2/c1-21-6-4-18-38(21,22(2)39)33(42)35-26-15-11-24(12-16-26)31-36-27(20-44-31)23-9-13-25(14-10-23)34-30(40)28-7-3-17-37(28)32(41)29-8-5-19-43-29/h3,5,7-16,19-21,28H,4,6,17-18H2,1-2H3,(H-,34,35,36,40,42)/p+1/t21-,28+,38?/m1/s1. The summed E-state index contributed by atoms with van der Waals surface area (Å²) in [5, 5.41) is 10.5. The number of carbonyl (C=O) groups is 4. The molecule has 4 heterocycles. The average molecular weight is 627 g/mol. The van der Waals surface area contributed by atoms with E-state index in [1.54, 1.807) is 17.0 Å². The first-order valence-electron chi connectivity index (χ1n) is 14.4. The van der Waals surface area contributed by atoms with Crippen LogP contribution in [0.3, 0.4) is 0 Å². The number of aromatic nitrogens is 1. The number of thiophene rings is 1. The van der Waals surface area contributed by atoms with Gasteiger partial charge < -0.3 is 10.2 Å². The number of nitrogens with zero attached hydrogens (tertiary/aromatic N) is 3. The van der Waals surface area contributed by atoms with E-state index < -0.39 is 6.04 Å². The maximum absolute atomic E-state index is 13.1. The van der Waals surface area contributed by atoms with Gasteiger partial charge in [0.25, 0.3) is 11.8 Å². The molecule has 2 N–H and O–H groups in total. The van der Waals surface area contributed by atoms with Gasteiger partial charge in [-0.2, -0.15) is 4.48 Å². The molecule has 0 aliphatic carbocycles. The van der Waals surface area contributed by atoms with Crippen molar-refractivity contribution in [3.05, 3.63) is 88.5 Å². The Balaban J connectivity index is 1.08. The fourth-order valence-electron chi connectivity index (χ4n) is 5.89. The molecule has 3 atom stereocenters. The monoisotopic (exact) mass is 626 g/mol. The summed E-state index contributed by atoms with van der Waals surface area (Å²) in [6.45, 7) is 4.38. The molecule has 4 aromatic rings. The first-order valence-corrected chi connectivity index (χ1v) is 16.2. The van der Waals surface area contributed by atoms with Crippen molar-refractivity contribution in [2.24, 2.45) is 0 Å². The van der Waals surface area contributed by atoms with E-state index in [2.05, 4.69) is 10.6 Å². The predicted molar refractivity (Wildman–Crippen MR) is 173 cm³/mol. The van der Waals surface area contributed by atoms with Crippen molar-refractivity contribution in [3.63, 3.8) is 0 Å². The predicted octanol–water partition coefficient (Wildman–Crippen LogP) is 6.64. The van der Waals surface area contributed by atoms with Gasteiger partial charge in [0.15, 0.2) is 0 Å². The van der Waals surface area contributed by atoms with Crippen molar-refractivity contribution in [3.8, 4) is 21.8 Å². The van der Waals surface area contributed by atoms with Gasteiger partial charge >= 0.3 is 11.9 Å². The highest BCUT2D eigenvalue weighted by atomic mass is 32.1. The van der Waals surface area contributed by atoms with Crippen LogP contribution in [0, 0.1) is 0 Å². The first-order chi connectivity index (χ1) is 21.3. The van der Waals surface area contributed by atoms with Crippen molar-refractivity contribution in [2.45, 2.75) is 38.8 Å². The van der Waals surface area contributed by atoms with E-state index in [1.165, 1.54) is 29.6 Å². The smallest absolute Gasteiger partial charge is 0.324 e. The summed E-state index contributed by atoms with van der Waals surface area (Å²) >= 11 is 2.88. The van der Waals surface area contributed by atoms with E-state index in [0.29, 0.717) is 29.3 Å². The van der Waals surface area contributed by atoms with E-state index in [-0.39, 0.29) is 34.3 Å². The number of carbonyl (C=O) groups excluding carboxylic acids is 4. The molecule has 0 spiro atoms. The zero-order valence-corrected chi connectivity index (χ0v) is 26.0. The number of urea groups is 1. The molecule has 0 saturated carbocycles. The normalized spacial score (nSPS) is 20.9. The Morgan fingerprint density at radius 1 is 0.932 bits per heavy atom. The molecule has 1 saturated heterocycles. The van der Waals surface area contributed by atoms with Crippen LogP contribution in [0.25, 0.3) is 21.8 Å². The van der Waals surface area contributed by atoms with E-state index >= 15 is 0 Å². The minimum Gasteiger partial charge on any atom is -0.324 e. The number of anilines is 2. The third-order valence-electron chi connectivity index (χ3n) is 8.36. The maximum atomic E-state index is 13.1. The number of imide groups is 1. The number of hydrogen-bond acceptors (Lipinski definition) is 7. The minimum absolute atomic E-state index is 0.0344. The van der Waals surface area contributed by atoms with Crippen LogP contribution in [0.4, 0.5) is 16.2 Å². The van der Waals surface area contributed by atoms with Crippen LogP contribution in [0.2, 0.25) is 0 Å². The summed E-state index contributed by atoms with van der Waals surface area (Å²) in [6, 6.07) is 17.5. The third-order valence-corrected chi connectivity index (χ3v) is 10.1. The zero-order valence-electron chi connectivity index (χ0n) is 24.4. The number of thiazole rings is 1. The Labute approximate surface area is 263 Å². The summed E-state index contributed by atoms with van der Waals surface area (Å²) < 4.78 is -0.161. The van der Waals surface area contributed by atoms with E-state index in [4.69, 9.17) is 4.98 Å². The van der Waals surface area contributed by atoms with Gasteiger partial charge in [-0.1, -0.05) is 30.4 Å². The quantitative estimate of drug-likeness (QED) is 0.184. The molecular weight excluding hydrogens is 595 g/mol. The lowest BCUT2D eigenvalue weighted by Gasteiger charge is -2.31. The van der Waals surface area contributed by atoms with Gasteiger partial charge in [-0.25, -0.2) is 14.6 Å².